The summed E-state index contributed by atoms with van der Waals surface area (Å²) in [7, 11) is 3.20. The molecular weight excluding hydrogens is 577 g/mol. The number of aryl methyl sites for hydroxylation is 1. The maximum atomic E-state index is 14.6. The van der Waals surface area contributed by atoms with Gasteiger partial charge in [-0.15, -0.1) is 0 Å². The highest BCUT2D eigenvalue weighted by molar-refractivity contribution is 9.10. The van der Waals surface area contributed by atoms with Crippen LogP contribution in [0.3, 0.4) is 0 Å². The van der Waals surface area contributed by atoms with Gasteiger partial charge in [0, 0.05) is 26.9 Å². The summed E-state index contributed by atoms with van der Waals surface area (Å²) in [4.78, 5) is 4.96. The summed E-state index contributed by atoms with van der Waals surface area (Å²) in [6, 6.07) is 14.6. The highest BCUT2D eigenvalue weighted by Gasteiger charge is 2.40. The maximum Gasteiger partial charge on any atom is 0.173 e. The van der Waals surface area contributed by atoms with E-state index >= 15 is 0 Å². The van der Waals surface area contributed by atoms with Gasteiger partial charge in [0.1, 0.15) is 17.5 Å². The van der Waals surface area contributed by atoms with E-state index in [1.54, 1.807) is 26.4 Å². The summed E-state index contributed by atoms with van der Waals surface area (Å²) in [6.45, 7) is 2.16. The van der Waals surface area contributed by atoms with E-state index < -0.39 is 17.0 Å². The minimum absolute atomic E-state index is 0.0209. The average Bonchev–Trinajstić information content (AvgIpc) is 3.28. The molecule has 0 spiro atoms. The molecule has 0 saturated heterocycles. The van der Waals surface area contributed by atoms with Gasteiger partial charge in [-0.05, 0) is 80.3 Å². The molecule has 1 heterocycles. The summed E-state index contributed by atoms with van der Waals surface area (Å²) in [6.07, 6.45) is 2.53. The van der Waals surface area contributed by atoms with Crippen LogP contribution in [0.5, 0.6) is 11.5 Å². The third-order valence-corrected chi connectivity index (χ3v) is 8.51. The van der Waals surface area contributed by atoms with Gasteiger partial charge in [0.05, 0.1) is 25.6 Å². The zero-order valence-electron chi connectivity index (χ0n) is 21.2. The fraction of sp³-hybridized carbons (Fsp3) is 0.276. The Kier molecular flexibility index (Phi) is 7.51. The van der Waals surface area contributed by atoms with E-state index in [-0.39, 0.29) is 17.1 Å². The molecule has 1 unspecified atom stereocenters. The third kappa shape index (κ3) is 4.82. The highest BCUT2D eigenvalue weighted by Crippen LogP contribution is 2.47. The molecule has 1 atom stereocenters. The first-order valence-corrected chi connectivity index (χ1v) is 13.9. The van der Waals surface area contributed by atoms with Crippen molar-refractivity contribution in [2.45, 2.75) is 42.5 Å². The Labute approximate surface area is 232 Å². The molecule has 9 heteroatoms. The van der Waals surface area contributed by atoms with Gasteiger partial charge < -0.3 is 9.47 Å². The number of hydrogen-bond donors (Lipinski definition) is 0. The molecule has 0 N–H and O–H groups in total. The summed E-state index contributed by atoms with van der Waals surface area (Å²) < 4.78 is 56.5. The van der Waals surface area contributed by atoms with Gasteiger partial charge in [-0.1, -0.05) is 33.8 Å². The first-order valence-electron chi connectivity index (χ1n) is 12.1. The highest BCUT2D eigenvalue weighted by atomic mass is 79.9. The average molecular weight is 604 g/mol. The molecule has 0 radical (unpaired) electrons. The Balaban J connectivity index is 1.65. The van der Waals surface area contributed by atoms with E-state index in [0.29, 0.717) is 21.1 Å². The smallest absolute Gasteiger partial charge is 0.173 e. The van der Waals surface area contributed by atoms with Crippen LogP contribution < -0.4 is 9.47 Å². The Morgan fingerprint density at radius 2 is 1.66 bits per heavy atom. The van der Waals surface area contributed by atoms with Crippen LogP contribution in [0.1, 0.15) is 42.3 Å². The van der Waals surface area contributed by atoms with Crippen LogP contribution in [0.2, 0.25) is 0 Å². The summed E-state index contributed by atoms with van der Waals surface area (Å²) in [5.41, 5.74) is 3.17. The number of nitrogens with zero attached hydrogens (tertiary/aromatic N) is 2. The topological polar surface area (TPSA) is 36.3 Å². The van der Waals surface area contributed by atoms with Gasteiger partial charge in [0.25, 0.3) is 0 Å². The second kappa shape index (κ2) is 10.7. The molecule has 1 aromatic heterocycles. The molecule has 0 bridgehead atoms. The van der Waals surface area contributed by atoms with Crippen molar-refractivity contribution >= 4 is 27.7 Å². The van der Waals surface area contributed by atoms with Crippen molar-refractivity contribution < 1.29 is 22.6 Å². The normalized spacial score (nSPS) is 16.8. The van der Waals surface area contributed by atoms with Crippen molar-refractivity contribution in [3.8, 4) is 17.2 Å². The number of rotatable bonds is 7. The molecule has 3 aromatic carbocycles. The minimum atomic E-state index is -0.621. The quantitative estimate of drug-likeness (QED) is 0.201. The zero-order chi connectivity index (χ0) is 27.0. The lowest BCUT2D eigenvalue weighted by Crippen LogP contribution is -2.31. The summed E-state index contributed by atoms with van der Waals surface area (Å²) in [5.74, 6) is -0.276. The molecule has 1 aliphatic rings. The number of aromatic nitrogens is 2. The maximum absolute atomic E-state index is 14.6. The lowest BCUT2D eigenvalue weighted by molar-refractivity contribution is 0.352. The monoisotopic (exact) mass is 602 g/mol. The Hall–Kier alpha value is -2.91. The second-order valence-corrected chi connectivity index (χ2v) is 11.3. The fourth-order valence-corrected chi connectivity index (χ4v) is 6.60. The van der Waals surface area contributed by atoms with Crippen molar-refractivity contribution in [1.29, 1.82) is 0 Å². The number of fused-ring (bicyclic) bond motifs is 1. The van der Waals surface area contributed by atoms with E-state index in [4.69, 9.17) is 14.5 Å². The minimum Gasteiger partial charge on any atom is -0.493 e. The van der Waals surface area contributed by atoms with E-state index in [1.165, 1.54) is 36.0 Å². The van der Waals surface area contributed by atoms with Gasteiger partial charge in [-0.25, -0.2) is 18.2 Å². The number of methoxy groups -OCH3 is 2. The van der Waals surface area contributed by atoms with Crippen LogP contribution in [-0.2, 0) is 17.6 Å². The predicted molar refractivity (Wildman–Crippen MR) is 146 cm³/mol. The fourth-order valence-electron chi connectivity index (χ4n) is 5.14. The van der Waals surface area contributed by atoms with E-state index in [2.05, 4.69) is 22.9 Å². The molecule has 0 amide bonds. The van der Waals surface area contributed by atoms with Crippen molar-refractivity contribution in [2.75, 3.05) is 14.2 Å². The molecule has 1 aliphatic carbocycles. The number of benzene rings is 3. The first-order chi connectivity index (χ1) is 18.2. The Morgan fingerprint density at radius 1 is 0.974 bits per heavy atom. The van der Waals surface area contributed by atoms with Crippen LogP contribution in [-0.4, -0.2) is 23.8 Å². The van der Waals surface area contributed by atoms with E-state index in [9.17, 15) is 13.2 Å². The summed E-state index contributed by atoms with van der Waals surface area (Å²) >= 11 is 4.39. The number of thioether (sulfide) groups is 1. The largest absolute Gasteiger partial charge is 0.493 e. The number of hydrogen-bond acceptors (Lipinski definition) is 4. The molecule has 0 aliphatic heterocycles. The van der Waals surface area contributed by atoms with Crippen LogP contribution >= 0.6 is 27.7 Å². The van der Waals surface area contributed by atoms with Gasteiger partial charge in [0.2, 0.25) is 0 Å². The summed E-state index contributed by atoms with van der Waals surface area (Å²) in [5, 5.41) is 0.594. The van der Waals surface area contributed by atoms with E-state index in [1.807, 2.05) is 22.8 Å². The van der Waals surface area contributed by atoms with Gasteiger partial charge in [-0.3, -0.25) is 4.57 Å². The second-order valence-electron chi connectivity index (χ2n) is 9.39. The van der Waals surface area contributed by atoms with Gasteiger partial charge >= 0.3 is 0 Å². The molecule has 4 aromatic rings. The van der Waals surface area contributed by atoms with Crippen LogP contribution in [0.4, 0.5) is 13.2 Å². The number of ether oxygens (including phenoxy) is 2. The van der Waals surface area contributed by atoms with Crippen LogP contribution in [0.25, 0.3) is 5.69 Å². The SMILES string of the molecule is COc1ccc(C2(C)CCCc3nc(SCc4c(F)cc(Br)cc4F)n(-c4ccc(F)cc4)c32)cc1OC. The van der Waals surface area contributed by atoms with Crippen molar-refractivity contribution in [3.63, 3.8) is 0 Å². The zero-order valence-corrected chi connectivity index (χ0v) is 23.6. The molecule has 4 nitrogen and oxygen atoms in total. The van der Waals surface area contributed by atoms with Gasteiger partial charge in [0.15, 0.2) is 16.7 Å². The predicted octanol–water partition coefficient (Wildman–Crippen LogP) is 8.00. The van der Waals surface area contributed by atoms with Crippen molar-refractivity contribution in [2.24, 2.45) is 0 Å². The Bertz CT molecular complexity index is 1470. The Morgan fingerprint density at radius 3 is 2.32 bits per heavy atom. The molecule has 0 saturated carbocycles. The molecule has 0 fully saturated rings. The van der Waals surface area contributed by atoms with Gasteiger partial charge in [-0.2, -0.15) is 0 Å². The first kappa shape index (κ1) is 26.7. The molecular formula is C29H26BrF3N2O2S. The number of halogens is 4. The standard InChI is InChI=1S/C29H26BrF3N2O2S/c1-29(17-6-11-25(36-2)26(13-17)37-3)12-4-5-24-27(29)35(20-9-7-19(31)8-10-20)28(34-24)38-16-21-22(32)14-18(30)15-23(21)33/h6-11,13-15H,4-5,12,16H2,1-3H3. The lowest BCUT2D eigenvalue weighted by Gasteiger charge is -2.36. The van der Waals surface area contributed by atoms with Crippen LogP contribution in [0.15, 0.2) is 64.2 Å². The molecule has 38 heavy (non-hydrogen) atoms. The third-order valence-electron chi connectivity index (χ3n) is 7.09. The lowest BCUT2D eigenvalue weighted by atomic mass is 9.71. The molecule has 5 rings (SSSR count). The number of imidazole rings is 1. The van der Waals surface area contributed by atoms with Crippen molar-refractivity contribution in [1.82, 2.24) is 9.55 Å². The van der Waals surface area contributed by atoms with Crippen molar-refractivity contribution in [3.05, 3.63) is 99.0 Å². The molecule has 198 valence electrons. The van der Waals surface area contributed by atoms with E-state index in [0.717, 1.165) is 41.9 Å². The van der Waals surface area contributed by atoms with Crippen LogP contribution in [0, 0.1) is 17.5 Å².